The normalized spacial score (nSPS) is 10.8. The van der Waals surface area contributed by atoms with Gasteiger partial charge < -0.3 is 9.15 Å². The van der Waals surface area contributed by atoms with E-state index in [0.717, 1.165) is 22.6 Å². The zero-order valence-electron chi connectivity index (χ0n) is 15.2. The highest BCUT2D eigenvalue weighted by atomic mass is 32.1. The third kappa shape index (κ3) is 3.99. The van der Waals surface area contributed by atoms with Gasteiger partial charge in [-0.1, -0.05) is 49.4 Å². The lowest BCUT2D eigenvalue weighted by Gasteiger charge is -2.00. The maximum atomic E-state index is 12.3. The largest absolute Gasteiger partial charge is 0.451 e. The van der Waals surface area contributed by atoms with E-state index < -0.39 is 5.97 Å². The standard InChI is InChI=1S/C21H17N3O3S/c1-2-14-8-10-16(11-9-14)20-22-17(13-28-20)21(25)26-12-18-23-24-19(27-18)15-6-4-3-5-7-15/h3-11,13H,2,12H2,1H3. The number of aromatic nitrogens is 3. The van der Waals surface area contributed by atoms with Gasteiger partial charge in [0.2, 0.25) is 5.89 Å². The maximum Gasteiger partial charge on any atom is 0.358 e. The molecule has 0 amide bonds. The van der Waals surface area contributed by atoms with Crippen molar-refractivity contribution < 1.29 is 13.9 Å². The fourth-order valence-electron chi connectivity index (χ4n) is 2.59. The average molecular weight is 391 g/mol. The molecule has 28 heavy (non-hydrogen) atoms. The van der Waals surface area contributed by atoms with Gasteiger partial charge in [0, 0.05) is 16.5 Å². The highest BCUT2D eigenvalue weighted by Crippen LogP contribution is 2.25. The fourth-order valence-corrected chi connectivity index (χ4v) is 3.39. The smallest absolute Gasteiger partial charge is 0.358 e. The molecule has 2 aromatic carbocycles. The third-order valence-corrected chi connectivity index (χ3v) is 5.03. The van der Waals surface area contributed by atoms with Gasteiger partial charge in [-0.2, -0.15) is 0 Å². The van der Waals surface area contributed by atoms with Crippen LogP contribution < -0.4 is 0 Å². The van der Waals surface area contributed by atoms with Crippen molar-refractivity contribution in [3.8, 4) is 22.0 Å². The van der Waals surface area contributed by atoms with E-state index in [4.69, 9.17) is 9.15 Å². The van der Waals surface area contributed by atoms with E-state index >= 15 is 0 Å². The molecule has 4 aromatic rings. The topological polar surface area (TPSA) is 78.1 Å². The summed E-state index contributed by atoms with van der Waals surface area (Å²) in [5.41, 5.74) is 3.31. The second-order valence-corrected chi connectivity index (χ2v) is 6.89. The number of aryl methyl sites for hydroxylation is 1. The predicted octanol–water partition coefficient (Wildman–Crippen LogP) is 4.78. The van der Waals surface area contributed by atoms with Crippen LogP contribution in [0.2, 0.25) is 0 Å². The van der Waals surface area contributed by atoms with Crippen LogP contribution in [0.5, 0.6) is 0 Å². The van der Waals surface area contributed by atoms with Crippen molar-refractivity contribution in [2.75, 3.05) is 0 Å². The van der Waals surface area contributed by atoms with Gasteiger partial charge in [-0.05, 0) is 24.1 Å². The summed E-state index contributed by atoms with van der Waals surface area (Å²) >= 11 is 1.40. The molecule has 0 saturated heterocycles. The Hall–Kier alpha value is -3.32. The zero-order valence-corrected chi connectivity index (χ0v) is 16.0. The van der Waals surface area contributed by atoms with Gasteiger partial charge in [-0.15, -0.1) is 21.5 Å². The summed E-state index contributed by atoms with van der Waals surface area (Å²) in [6.07, 6.45) is 0.984. The number of hydrogen-bond donors (Lipinski definition) is 0. The second-order valence-electron chi connectivity index (χ2n) is 6.03. The van der Waals surface area contributed by atoms with Crippen LogP contribution in [0.3, 0.4) is 0 Å². The number of thiazole rings is 1. The molecular weight excluding hydrogens is 374 g/mol. The van der Waals surface area contributed by atoms with Crippen molar-refractivity contribution in [2.24, 2.45) is 0 Å². The summed E-state index contributed by atoms with van der Waals surface area (Å²) in [4.78, 5) is 16.7. The molecule has 0 aliphatic rings. The van der Waals surface area contributed by atoms with Crippen molar-refractivity contribution in [3.05, 3.63) is 77.1 Å². The van der Waals surface area contributed by atoms with Crippen molar-refractivity contribution >= 4 is 17.3 Å². The van der Waals surface area contributed by atoms with E-state index in [1.54, 1.807) is 5.38 Å². The summed E-state index contributed by atoms with van der Waals surface area (Å²) in [7, 11) is 0. The SMILES string of the molecule is CCc1ccc(-c2nc(C(=O)OCc3nnc(-c4ccccc4)o3)cs2)cc1. The number of hydrogen-bond acceptors (Lipinski definition) is 7. The first-order chi connectivity index (χ1) is 13.7. The Kier molecular flexibility index (Phi) is 5.25. The number of rotatable bonds is 6. The molecule has 0 fully saturated rings. The Balaban J connectivity index is 1.39. The highest BCUT2D eigenvalue weighted by Gasteiger charge is 2.16. The minimum atomic E-state index is -0.521. The van der Waals surface area contributed by atoms with Crippen LogP contribution in [0.4, 0.5) is 0 Å². The number of benzene rings is 2. The summed E-state index contributed by atoms with van der Waals surface area (Å²) in [6.45, 7) is 2.01. The van der Waals surface area contributed by atoms with E-state index in [1.165, 1.54) is 16.9 Å². The lowest BCUT2D eigenvalue weighted by Crippen LogP contribution is -2.05. The van der Waals surface area contributed by atoms with Crippen LogP contribution in [0.25, 0.3) is 22.0 Å². The first kappa shape index (κ1) is 18.1. The molecular formula is C21H17N3O3S. The number of esters is 1. The van der Waals surface area contributed by atoms with Crippen LogP contribution in [0.1, 0.15) is 28.9 Å². The molecule has 0 N–H and O–H groups in total. The number of carbonyl (C=O) groups is 1. The quantitative estimate of drug-likeness (QED) is 0.440. The lowest BCUT2D eigenvalue weighted by molar-refractivity contribution is 0.0433. The Labute approximate surface area is 165 Å². The maximum absolute atomic E-state index is 12.3. The molecule has 0 unspecified atom stereocenters. The number of nitrogens with zero attached hydrogens (tertiary/aromatic N) is 3. The molecule has 0 radical (unpaired) electrons. The van der Waals surface area contributed by atoms with Gasteiger partial charge >= 0.3 is 5.97 Å². The Morgan fingerprint density at radius 1 is 1.04 bits per heavy atom. The summed E-state index contributed by atoms with van der Waals surface area (Å²) in [5.74, 6) is 0.100. The lowest BCUT2D eigenvalue weighted by atomic mass is 10.1. The van der Waals surface area contributed by atoms with Crippen LogP contribution in [0, 0.1) is 0 Å². The summed E-state index contributed by atoms with van der Waals surface area (Å²) < 4.78 is 10.8. The van der Waals surface area contributed by atoms with Gasteiger partial charge in [0.15, 0.2) is 12.3 Å². The Morgan fingerprint density at radius 3 is 2.57 bits per heavy atom. The average Bonchev–Trinajstić information content (AvgIpc) is 3.43. The Bertz CT molecular complexity index is 1070. The highest BCUT2D eigenvalue weighted by molar-refractivity contribution is 7.13. The molecule has 6 nitrogen and oxygen atoms in total. The third-order valence-electron chi connectivity index (χ3n) is 4.14. The molecule has 0 spiro atoms. The van der Waals surface area contributed by atoms with E-state index in [-0.39, 0.29) is 18.2 Å². The van der Waals surface area contributed by atoms with Gasteiger partial charge in [-0.3, -0.25) is 0 Å². The predicted molar refractivity (Wildman–Crippen MR) is 106 cm³/mol. The van der Waals surface area contributed by atoms with E-state index in [2.05, 4.69) is 34.2 Å². The van der Waals surface area contributed by atoms with Crippen LogP contribution in [-0.2, 0) is 17.8 Å². The minimum absolute atomic E-state index is 0.100. The van der Waals surface area contributed by atoms with Crippen molar-refractivity contribution in [3.63, 3.8) is 0 Å². The van der Waals surface area contributed by atoms with Crippen molar-refractivity contribution in [1.82, 2.24) is 15.2 Å². The Morgan fingerprint density at radius 2 is 1.82 bits per heavy atom. The van der Waals surface area contributed by atoms with Crippen molar-refractivity contribution in [1.29, 1.82) is 0 Å². The van der Waals surface area contributed by atoms with Crippen molar-refractivity contribution in [2.45, 2.75) is 20.0 Å². The first-order valence-electron chi connectivity index (χ1n) is 8.82. The summed E-state index contributed by atoms with van der Waals surface area (Å²) in [6, 6.07) is 17.6. The second kappa shape index (κ2) is 8.14. The molecule has 140 valence electrons. The van der Waals surface area contributed by atoms with Crippen LogP contribution in [0.15, 0.2) is 64.4 Å². The van der Waals surface area contributed by atoms with Gasteiger partial charge in [0.1, 0.15) is 5.01 Å². The molecule has 0 atom stereocenters. The van der Waals surface area contributed by atoms with E-state index in [1.807, 2.05) is 42.5 Å². The number of carbonyl (C=O) groups excluding carboxylic acids is 1. The molecule has 2 heterocycles. The van der Waals surface area contributed by atoms with E-state index in [0.29, 0.717) is 5.89 Å². The van der Waals surface area contributed by atoms with E-state index in [9.17, 15) is 4.79 Å². The summed E-state index contributed by atoms with van der Waals surface area (Å²) in [5, 5.41) is 10.4. The van der Waals surface area contributed by atoms with Crippen LogP contribution >= 0.6 is 11.3 Å². The minimum Gasteiger partial charge on any atom is -0.451 e. The molecule has 7 heteroatoms. The molecule has 0 aliphatic carbocycles. The monoisotopic (exact) mass is 391 g/mol. The van der Waals surface area contributed by atoms with Gasteiger partial charge in [0.05, 0.1) is 0 Å². The zero-order chi connectivity index (χ0) is 19.3. The first-order valence-corrected chi connectivity index (χ1v) is 9.70. The number of ether oxygens (including phenoxy) is 1. The van der Waals surface area contributed by atoms with Gasteiger partial charge in [0.25, 0.3) is 5.89 Å². The molecule has 4 rings (SSSR count). The fraction of sp³-hybridized carbons (Fsp3) is 0.143. The molecule has 0 bridgehead atoms. The van der Waals surface area contributed by atoms with Crippen LogP contribution in [-0.4, -0.2) is 21.2 Å². The molecule has 2 aromatic heterocycles. The molecule has 0 aliphatic heterocycles. The van der Waals surface area contributed by atoms with Gasteiger partial charge in [-0.25, -0.2) is 9.78 Å². The molecule has 0 saturated carbocycles.